The highest BCUT2D eigenvalue weighted by Crippen LogP contribution is 2.21. The SMILES string of the molecule is Cc1ccccc1CC(=O)OCc1csc(-c2ccccn2)n1. The number of pyridine rings is 1. The van der Waals surface area contributed by atoms with E-state index in [2.05, 4.69) is 9.97 Å². The number of thiazole rings is 1. The number of aryl methyl sites for hydroxylation is 1. The number of esters is 1. The van der Waals surface area contributed by atoms with Gasteiger partial charge in [-0.25, -0.2) is 4.98 Å². The zero-order valence-corrected chi connectivity index (χ0v) is 13.5. The topological polar surface area (TPSA) is 52.1 Å². The van der Waals surface area contributed by atoms with Crippen LogP contribution in [0.5, 0.6) is 0 Å². The first-order valence-corrected chi connectivity index (χ1v) is 8.16. The van der Waals surface area contributed by atoms with Crippen LogP contribution in [0, 0.1) is 6.92 Å². The maximum atomic E-state index is 12.0. The highest BCUT2D eigenvalue weighted by atomic mass is 32.1. The molecule has 4 nitrogen and oxygen atoms in total. The molecule has 5 heteroatoms. The zero-order chi connectivity index (χ0) is 16.1. The summed E-state index contributed by atoms with van der Waals surface area (Å²) in [4.78, 5) is 20.7. The minimum absolute atomic E-state index is 0.189. The molecule has 0 saturated carbocycles. The molecular weight excluding hydrogens is 308 g/mol. The number of carbonyl (C=O) groups excluding carboxylic acids is 1. The molecule has 23 heavy (non-hydrogen) atoms. The van der Waals surface area contributed by atoms with Crippen LogP contribution in [0.15, 0.2) is 54.0 Å². The lowest BCUT2D eigenvalue weighted by Crippen LogP contribution is -2.09. The first-order chi connectivity index (χ1) is 11.2. The molecule has 0 saturated heterocycles. The largest absolute Gasteiger partial charge is 0.459 e. The van der Waals surface area contributed by atoms with E-state index in [0.717, 1.165) is 27.5 Å². The summed E-state index contributed by atoms with van der Waals surface area (Å²) in [6.07, 6.45) is 2.02. The van der Waals surface area contributed by atoms with Gasteiger partial charge in [-0.05, 0) is 30.2 Å². The summed E-state index contributed by atoms with van der Waals surface area (Å²) in [5, 5.41) is 2.72. The second-order valence-electron chi connectivity index (χ2n) is 5.12. The maximum absolute atomic E-state index is 12.0. The summed E-state index contributed by atoms with van der Waals surface area (Å²) in [7, 11) is 0. The number of hydrogen-bond donors (Lipinski definition) is 0. The molecule has 0 N–H and O–H groups in total. The van der Waals surface area contributed by atoms with Gasteiger partial charge in [0.05, 0.1) is 17.8 Å². The van der Waals surface area contributed by atoms with E-state index in [1.165, 1.54) is 11.3 Å². The Morgan fingerprint density at radius 1 is 1.17 bits per heavy atom. The molecular formula is C18H16N2O2S. The van der Waals surface area contributed by atoms with E-state index in [-0.39, 0.29) is 19.0 Å². The van der Waals surface area contributed by atoms with E-state index < -0.39 is 0 Å². The Morgan fingerprint density at radius 2 is 2.00 bits per heavy atom. The average molecular weight is 324 g/mol. The molecule has 116 valence electrons. The average Bonchev–Trinajstić information content (AvgIpc) is 3.05. The highest BCUT2D eigenvalue weighted by molar-refractivity contribution is 7.13. The molecule has 0 amide bonds. The first-order valence-electron chi connectivity index (χ1n) is 7.28. The molecule has 1 aromatic carbocycles. The molecule has 0 aliphatic carbocycles. The number of benzene rings is 1. The Kier molecular flexibility index (Phi) is 4.78. The van der Waals surface area contributed by atoms with Crippen molar-refractivity contribution in [3.05, 3.63) is 70.9 Å². The second-order valence-corrected chi connectivity index (χ2v) is 5.98. The van der Waals surface area contributed by atoms with Crippen molar-refractivity contribution < 1.29 is 9.53 Å². The third-order valence-electron chi connectivity index (χ3n) is 3.41. The lowest BCUT2D eigenvalue weighted by Gasteiger charge is -2.05. The molecule has 0 spiro atoms. The Hall–Kier alpha value is -2.53. The van der Waals surface area contributed by atoms with E-state index >= 15 is 0 Å². The number of nitrogens with zero attached hydrogens (tertiary/aromatic N) is 2. The Labute approximate surface area is 138 Å². The summed E-state index contributed by atoms with van der Waals surface area (Å²) in [5.74, 6) is -0.244. The van der Waals surface area contributed by atoms with E-state index in [0.29, 0.717) is 0 Å². The first kappa shape index (κ1) is 15.4. The Bertz CT molecular complexity index is 800. The standard InChI is InChI=1S/C18H16N2O2S/c1-13-6-2-3-7-14(13)10-17(21)22-11-15-12-23-18(20-15)16-8-4-5-9-19-16/h2-9,12H,10-11H2,1H3. The predicted octanol–water partition coefficient (Wildman–Crippen LogP) is 3.80. The van der Waals surface area contributed by atoms with Gasteiger partial charge in [0.2, 0.25) is 0 Å². The fraction of sp³-hybridized carbons (Fsp3) is 0.167. The van der Waals surface area contributed by atoms with Crippen LogP contribution in [0.4, 0.5) is 0 Å². The monoisotopic (exact) mass is 324 g/mol. The predicted molar refractivity (Wildman–Crippen MR) is 90.0 cm³/mol. The fourth-order valence-corrected chi connectivity index (χ4v) is 2.93. The molecule has 0 aliphatic rings. The van der Waals surface area contributed by atoms with Crippen molar-refractivity contribution in [2.75, 3.05) is 0 Å². The van der Waals surface area contributed by atoms with Crippen molar-refractivity contribution in [1.29, 1.82) is 0 Å². The summed E-state index contributed by atoms with van der Waals surface area (Å²) in [6, 6.07) is 13.5. The van der Waals surface area contributed by atoms with E-state index in [4.69, 9.17) is 4.74 Å². The number of aromatic nitrogens is 2. The molecule has 0 atom stereocenters. The molecule has 2 heterocycles. The van der Waals surface area contributed by atoms with E-state index in [1.807, 2.05) is 54.8 Å². The molecule has 3 aromatic rings. The van der Waals surface area contributed by atoms with Crippen molar-refractivity contribution in [2.45, 2.75) is 20.0 Å². The van der Waals surface area contributed by atoms with Crippen molar-refractivity contribution >= 4 is 17.3 Å². The van der Waals surface area contributed by atoms with Gasteiger partial charge in [-0.1, -0.05) is 30.3 Å². The summed E-state index contributed by atoms with van der Waals surface area (Å²) < 4.78 is 5.32. The zero-order valence-electron chi connectivity index (χ0n) is 12.7. The van der Waals surface area contributed by atoms with Gasteiger partial charge < -0.3 is 4.74 Å². The normalized spacial score (nSPS) is 10.5. The van der Waals surface area contributed by atoms with Crippen LogP contribution >= 0.6 is 11.3 Å². The number of hydrogen-bond acceptors (Lipinski definition) is 5. The van der Waals surface area contributed by atoms with Gasteiger partial charge in [-0.2, -0.15) is 0 Å². The lowest BCUT2D eigenvalue weighted by atomic mass is 10.1. The van der Waals surface area contributed by atoms with Crippen molar-refractivity contribution in [3.8, 4) is 10.7 Å². The number of ether oxygens (including phenoxy) is 1. The number of rotatable bonds is 5. The molecule has 0 aliphatic heterocycles. The highest BCUT2D eigenvalue weighted by Gasteiger charge is 2.10. The van der Waals surface area contributed by atoms with Crippen LogP contribution in [0.1, 0.15) is 16.8 Å². The van der Waals surface area contributed by atoms with Crippen LogP contribution in [-0.4, -0.2) is 15.9 Å². The molecule has 0 bridgehead atoms. The molecule has 2 aromatic heterocycles. The van der Waals surface area contributed by atoms with Crippen LogP contribution < -0.4 is 0 Å². The summed E-state index contributed by atoms with van der Waals surface area (Å²) in [6.45, 7) is 2.18. The van der Waals surface area contributed by atoms with Gasteiger partial charge in [-0.3, -0.25) is 9.78 Å². The maximum Gasteiger partial charge on any atom is 0.310 e. The van der Waals surface area contributed by atoms with Gasteiger partial charge in [0.1, 0.15) is 11.6 Å². The van der Waals surface area contributed by atoms with Gasteiger partial charge in [0.25, 0.3) is 0 Å². The Morgan fingerprint density at radius 3 is 2.78 bits per heavy atom. The summed E-state index contributed by atoms with van der Waals surface area (Å²) >= 11 is 1.50. The minimum atomic E-state index is -0.244. The fourth-order valence-electron chi connectivity index (χ4n) is 2.15. The van der Waals surface area contributed by atoms with Gasteiger partial charge in [0, 0.05) is 11.6 Å². The third kappa shape index (κ3) is 4.02. The van der Waals surface area contributed by atoms with Gasteiger partial charge >= 0.3 is 5.97 Å². The van der Waals surface area contributed by atoms with Crippen LogP contribution in [0.25, 0.3) is 10.7 Å². The van der Waals surface area contributed by atoms with Crippen LogP contribution in [-0.2, 0) is 22.6 Å². The van der Waals surface area contributed by atoms with Crippen LogP contribution in [0.3, 0.4) is 0 Å². The van der Waals surface area contributed by atoms with E-state index in [1.54, 1.807) is 6.20 Å². The molecule has 0 fully saturated rings. The van der Waals surface area contributed by atoms with Crippen molar-refractivity contribution in [3.63, 3.8) is 0 Å². The molecule has 3 rings (SSSR count). The lowest BCUT2D eigenvalue weighted by molar-refractivity contribution is -0.144. The number of carbonyl (C=O) groups is 1. The van der Waals surface area contributed by atoms with Gasteiger partial charge in [-0.15, -0.1) is 11.3 Å². The second kappa shape index (κ2) is 7.15. The Balaban J connectivity index is 1.58. The molecule has 0 unspecified atom stereocenters. The van der Waals surface area contributed by atoms with Crippen molar-refractivity contribution in [1.82, 2.24) is 9.97 Å². The van der Waals surface area contributed by atoms with Gasteiger partial charge in [0.15, 0.2) is 0 Å². The smallest absolute Gasteiger partial charge is 0.310 e. The molecule has 0 radical (unpaired) electrons. The third-order valence-corrected chi connectivity index (χ3v) is 4.33. The summed E-state index contributed by atoms with van der Waals surface area (Å²) in [5.41, 5.74) is 3.66. The van der Waals surface area contributed by atoms with Crippen LogP contribution in [0.2, 0.25) is 0 Å². The van der Waals surface area contributed by atoms with E-state index in [9.17, 15) is 4.79 Å². The quantitative estimate of drug-likeness (QED) is 0.670. The van der Waals surface area contributed by atoms with Crippen molar-refractivity contribution in [2.24, 2.45) is 0 Å². The minimum Gasteiger partial charge on any atom is -0.459 e.